The van der Waals surface area contributed by atoms with Crippen molar-refractivity contribution < 1.29 is 5.11 Å². The maximum Gasteiger partial charge on any atom is 0.258 e. The Morgan fingerprint density at radius 2 is 2.10 bits per heavy atom. The molecule has 0 atom stereocenters. The summed E-state index contributed by atoms with van der Waals surface area (Å²) < 4.78 is 0. The highest BCUT2D eigenvalue weighted by Crippen LogP contribution is 2.18. The van der Waals surface area contributed by atoms with Crippen LogP contribution in [0.25, 0.3) is 0 Å². The zero-order valence-corrected chi connectivity index (χ0v) is 13.4. The van der Waals surface area contributed by atoms with Crippen LogP contribution in [0.2, 0.25) is 0 Å². The van der Waals surface area contributed by atoms with Crippen LogP contribution in [0.3, 0.4) is 0 Å². The van der Waals surface area contributed by atoms with Crippen LogP contribution in [0, 0.1) is 0 Å². The molecule has 7 heteroatoms. The first kappa shape index (κ1) is 15.7. The third kappa shape index (κ3) is 4.43. The summed E-state index contributed by atoms with van der Waals surface area (Å²) in [5.74, 6) is 1.57. The van der Waals surface area contributed by atoms with Gasteiger partial charge in [0.15, 0.2) is 5.16 Å². The number of aromatic hydroxyl groups is 1. The van der Waals surface area contributed by atoms with Crippen LogP contribution < -0.4 is 5.56 Å². The van der Waals surface area contributed by atoms with Crippen LogP contribution in [0.1, 0.15) is 18.4 Å². The molecule has 0 unspecified atom stereocenters. The number of aromatic nitrogens is 2. The van der Waals surface area contributed by atoms with Crippen molar-refractivity contribution >= 4 is 23.5 Å². The van der Waals surface area contributed by atoms with Crippen LogP contribution in [0.15, 0.2) is 9.95 Å². The summed E-state index contributed by atoms with van der Waals surface area (Å²) in [6.07, 6.45) is 5.09. The van der Waals surface area contributed by atoms with Gasteiger partial charge < -0.3 is 15.0 Å². The molecule has 1 saturated heterocycles. The topological polar surface area (TPSA) is 69.2 Å². The van der Waals surface area contributed by atoms with Gasteiger partial charge in [-0.2, -0.15) is 16.7 Å². The monoisotopic (exact) mass is 315 g/mol. The number of hydrogen-bond donors (Lipinski definition) is 2. The lowest BCUT2D eigenvalue weighted by molar-refractivity contribution is 0.362. The first-order valence-corrected chi connectivity index (χ1v) is 9.25. The average Bonchev–Trinajstić information content (AvgIpc) is 2.91. The molecule has 1 aliphatic heterocycles. The third-order valence-corrected chi connectivity index (χ3v) is 4.84. The van der Waals surface area contributed by atoms with E-state index in [0.717, 1.165) is 18.1 Å². The number of nitrogens with one attached hydrogen (secondary N) is 1. The molecule has 2 N–H and O–H groups in total. The number of hydrogen-bond acceptors (Lipinski definition) is 6. The molecule has 0 bridgehead atoms. The minimum Gasteiger partial charge on any atom is -0.493 e. The van der Waals surface area contributed by atoms with Crippen molar-refractivity contribution in [2.75, 3.05) is 37.4 Å². The van der Waals surface area contributed by atoms with Gasteiger partial charge in [0.2, 0.25) is 5.88 Å². The largest absolute Gasteiger partial charge is 0.493 e. The fourth-order valence-corrected chi connectivity index (χ4v) is 3.51. The second-order valence-corrected chi connectivity index (χ2v) is 6.88. The summed E-state index contributed by atoms with van der Waals surface area (Å²) in [7, 11) is 0. The Kier molecular flexibility index (Phi) is 6.25. The summed E-state index contributed by atoms with van der Waals surface area (Å²) in [4.78, 5) is 21.2. The van der Waals surface area contributed by atoms with E-state index < -0.39 is 0 Å². The fourth-order valence-electron chi connectivity index (χ4n) is 2.24. The van der Waals surface area contributed by atoms with Crippen LogP contribution in [0.5, 0.6) is 5.88 Å². The quantitative estimate of drug-likeness (QED) is 0.588. The molecule has 1 fully saturated rings. The van der Waals surface area contributed by atoms with E-state index in [9.17, 15) is 9.90 Å². The molecule has 1 aromatic heterocycles. The molecule has 0 amide bonds. The van der Waals surface area contributed by atoms with Gasteiger partial charge in [-0.15, -0.1) is 0 Å². The predicted octanol–water partition coefficient (Wildman–Crippen LogP) is 1.57. The molecule has 112 valence electrons. The van der Waals surface area contributed by atoms with Crippen molar-refractivity contribution in [1.82, 2.24) is 14.9 Å². The lowest BCUT2D eigenvalue weighted by Gasteiger charge is -2.13. The van der Waals surface area contributed by atoms with E-state index in [4.69, 9.17) is 0 Å². The van der Waals surface area contributed by atoms with Crippen LogP contribution in [0.4, 0.5) is 0 Å². The maximum absolute atomic E-state index is 11.9. The van der Waals surface area contributed by atoms with E-state index in [1.807, 2.05) is 6.26 Å². The second kappa shape index (κ2) is 7.95. The van der Waals surface area contributed by atoms with Crippen molar-refractivity contribution in [2.24, 2.45) is 0 Å². The smallest absolute Gasteiger partial charge is 0.258 e. The van der Waals surface area contributed by atoms with E-state index in [1.165, 1.54) is 37.7 Å². The summed E-state index contributed by atoms with van der Waals surface area (Å²) in [5.41, 5.74) is 0.179. The first-order valence-electron chi connectivity index (χ1n) is 6.87. The normalized spacial score (nSPS) is 15.8. The van der Waals surface area contributed by atoms with E-state index in [-0.39, 0.29) is 11.4 Å². The minimum absolute atomic E-state index is 0.119. The zero-order chi connectivity index (χ0) is 14.4. The van der Waals surface area contributed by atoms with Gasteiger partial charge in [-0.25, -0.2) is 0 Å². The highest BCUT2D eigenvalue weighted by Gasteiger charge is 2.13. The Hall–Kier alpha value is -0.660. The van der Waals surface area contributed by atoms with Crippen LogP contribution >= 0.6 is 23.5 Å². The highest BCUT2D eigenvalue weighted by atomic mass is 32.2. The highest BCUT2D eigenvalue weighted by molar-refractivity contribution is 7.99. The van der Waals surface area contributed by atoms with Gasteiger partial charge in [0.1, 0.15) is 0 Å². The summed E-state index contributed by atoms with van der Waals surface area (Å²) in [6, 6.07) is 0. The van der Waals surface area contributed by atoms with Gasteiger partial charge >= 0.3 is 0 Å². The van der Waals surface area contributed by atoms with E-state index in [2.05, 4.69) is 14.9 Å². The number of aromatic amines is 1. The molecule has 0 aliphatic carbocycles. The zero-order valence-electron chi connectivity index (χ0n) is 11.7. The van der Waals surface area contributed by atoms with Gasteiger partial charge in [0.05, 0.1) is 5.56 Å². The lowest BCUT2D eigenvalue weighted by atomic mass is 10.2. The first-order chi connectivity index (χ1) is 9.70. The molecule has 2 rings (SSSR count). The molecule has 0 aromatic carbocycles. The lowest BCUT2D eigenvalue weighted by Crippen LogP contribution is -2.22. The Labute approximate surface area is 127 Å². The van der Waals surface area contributed by atoms with Crippen molar-refractivity contribution in [3.8, 4) is 5.88 Å². The molecule has 0 radical (unpaired) electrons. The van der Waals surface area contributed by atoms with Gasteiger partial charge in [-0.3, -0.25) is 4.79 Å². The molecule has 1 aliphatic rings. The summed E-state index contributed by atoms with van der Waals surface area (Å²) >= 11 is 3.14. The third-order valence-electron chi connectivity index (χ3n) is 3.37. The molecule has 5 nitrogen and oxygen atoms in total. The number of thioether (sulfide) groups is 2. The van der Waals surface area contributed by atoms with Gasteiger partial charge in [0, 0.05) is 12.3 Å². The number of likely N-dealkylation sites (tertiary alicyclic amines) is 1. The number of rotatable bonds is 7. The Balaban J connectivity index is 1.90. The predicted molar refractivity (Wildman–Crippen MR) is 85.0 cm³/mol. The fraction of sp³-hybridized carbons (Fsp3) is 0.692. The van der Waals surface area contributed by atoms with Gasteiger partial charge in [-0.05, 0) is 44.4 Å². The van der Waals surface area contributed by atoms with Gasteiger partial charge in [0.25, 0.3) is 5.56 Å². The average molecular weight is 315 g/mol. The number of H-pyrrole nitrogens is 1. The van der Waals surface area contributed by atoms with Crippen molar-refractivity contribution in [3.05, 3.63) is 15.9 Å². The van der Waals surface area contributed by atoms with Crippen molar-refractivity contribution in [3.63, 3.8) is 0 Å². The molecular weight excluding hydrogens is 294 g/mol. The Morgan fingerprint density at radius 1 is 1.35 bits per heavy atom. The Bertz CT molecular complexity index is 487. The van der Waals surface area contributed by atoms with Gasteiger partial charge in [-0.1, -0.05) is 11.8 Å². The van der Waals surface area contributed by atoms with Crippen molar-refractivity contribution in [1.29, 1.82) is 0 Å². The van der Waals surface area contributed by atoms with E-state index in [1.54, 1.807) is 11.8 Å². The molecular formula is C13H21N3O2S2. The molecule has 20 heavy (non-hydrogen) atoms. The number of nitrogens with zero attached hydrogens (tertiary/aromatic N) is 2. The SMILES string of the molecule is CSCCc1c(O)nc(SCCN2CCCC2)[nH]c1=O. The molecule has 0 spiro atoms. The summed E-state index contributed by atoms with van der Waals surface area (Å²) in [5, 5.41) is 10.4. The molecule has 0 saturated carbocycles. The second-order valence-electron chi connectivity index (χ2n) is 4.81. The minimum atomic E-state index is -0.213. The van der Waals surface area contributed by atoms with Crippen molar-refractivity contribution in [2.45, 2.75) is 24.4 Å². The standard InChI is InChI=1S/C13H21N3O2S2/c1-19-8-4-10-11(17)14-13(15-12(10)18)20-9-7-16-5-2-3-6-16/h2-9H2,1H3,(H2,14,15,17,18). The van der Waals surface area contributed by atoms with E-state index in [0.29, 0.717) is 17.1 Å². The van der Waals surface area contributed by atoms with Crippen LogP contribution in [-0.4, -0.2) is 57.4 Å². The maximum atomic E-state index is 11.9. The summed E-state index contributed by atoms with van der Waals surface area (Å²) in [6.45, 7) is 3.34. The molecule has 1 aromatic rings. The van der Waals surface area contributed by atoms with E-state index >= 15 is 0 Å². The molecule has 2 heterocycles. The Morgan fingerprint density at radius 3 is 2.75 bits per heavy atom. The van der Waals surface area contributed by atoms with Crippen LogP contribution in [-0.2, 0) is 6.42 Å².